The molecular weight excluding hydrogens is 356 g/mol. The number of thiazole rings is 1. The first-order chi connectivity index (χ1) is 12.6. The quantitative estimate of drug-likeness (QED) is 0.712. The molecule has 0 radical (unpaired) electrons. The summed E-state index contributed by atoms with van der Waals surface area (Å²) < 4.78 is 6.75. The molecule has 0 bridgehead atoms. The minimum atomic E-state index is -0.975. The molecule has 3 aromatic rings. The van der Waals surface area contributed by atoms with Crippen LogP contribution in [0.3, 0.4) is 0 Å². The average molecular weight is 372 g/mol. The fraction of sp³-hybridized carbons (Fsp3) is 0.294. The lowest BCUT2D eigenvalue weighted by Gasteiger charge is -2.05. The van der Waals surface area contributed by atoms with E-state index in [-0.39, 0.29) is 18.4 Å². The third-order valence-electron chi connectivity index (χ3n) is 4.21. The lowest BCUT2D eigenvalue weighted by atomic mass is 10.1. The lowest BCUT2D eigenvalue weighted by molar-refractivity contribution is -0.137. The molecule has 1 unspecified atom stereocenters. The lowest BCUT2D eigenvalue weighted by Crippen LogP contribution is -2.11. The van der Waals surface area contributed by atoms with Crippen molar-refractivity contribution in [3.8, 4) is 0 Å². The van der Waals surface area contributed by atoms with Crippen molar-refractivity contribution in [1.29, 1.82) is 0 Å². The Morgan fingerprint density at radius 1 is 1.38 bits per heavy atom. The summed E-state index contributed by atoms with van der Waals surface area (Å²) in [5.74, 6) is -0.947. The van der Waals surface area contributed by atoms with E-state index in [2.05, 4.69) is 15.4 Å². The second-order valence-electron chi connectivity index (χ2n) is 6.05. The summed E-state index contributed by atoms with van der Waals surface area (Å²) in [5.41, 5.74) is 1.23. The highest BCUT2D eigenvalue weighted by atomic mass is 32.1. The summed E-state index contributed by atoms with van der Waals surface area (Å²) in [6.07, 6.45) is 4.11. The Hall–Kier alpha value is -2.78. The summed E-state index contributed by atoms with van der Waals surface area (Å²) in [5, 5.41) is 17.6. The van der Waals surface area contributed by atoms with Crippen LogP contribution in [0.4, 0.5) is 5.69 Å². The topological polar surface area (TPSA) is 106 Å². The number of benzene rings is 1. The van der Waals surface area contributed by atoms with Crippen molar-refractivity contribution in [2.75, 3.05) is 18.5 Å². The summed E-state index contributed by atoms with van der Waals surface area (Å²) in [7, 11) is 0. The largest absolute Gasteiger partial charge is 0.480 e. The molecule has 0 aliphatic carbocycles. The number of carboxylic acid groups (broad SMARTS) is 1. The minimum absolute atomic E-state index is 0.234. The molecule has 8 nitrogen and oxygen atoms in total. The Labute approximate surface area is 152 Å². The predicted octanol–water partition coefficient (Wildman–Crippen LogP) is 2.33. The number of carbonyl (C=O) groups is 2. The van der Waals surface area contributed by atoms with Gasteiger partial charge in [0.05, 0.1) is 29.5 Å². The third kappa shape index (κ3) is 3.31. The first-order valence-corrected chi connectivity index (χ1v) is 8.94. The van der Waals surface area contributed by atoms with Crippen LogP contribution in [0.25, 0.3) is 10.9 Å². The predicted molar refractivity (Wildman–Crippen MR) is 95.6 cm³/mol. The van der Waals surface area contributed by atoms with Gasteiger partial charge in [0.1, 0.15) is 11.4 Å². The monoisotopic (exact) mass is 372 g/mol. The molecule has 4 rings (SSSR count). The van der Waals surface area contributed by atoms with Gasteiger partial charge in [-0.15, -0.1) is 11.3 Å². The van der Waals surface area contributed by atoms with E-state index in [1.54, 1.807) is 30.6 Å². The fourth-order valence-electron chi connectivity index (χ4n) is 2.91. The van der Waals surface area contributed by atoms with Crippen molar-refractivity contribution < 1.29 is 19.4 Å². The Morgan fingerprint density at radius 2 is 2.27 bits per heavy atom. The number of fused-ring (bicyclic) bond motifs is 1. The summed E-state index contributed by atoms with van der Waals surface area (Å²) >= 11 is 1.38. The highest BCUT2D eigenvalue weighted by Gasteiger charge is 2.22. The van der Waals surface area contributed by atoms with E-state index in [1.165, 1.54) is 16.0 Å². The standard InChI is InChI=1S/C17H16N4O4S/c22-15(23)8-21-13-5-12(2-1-10(13)6-19-21)20-16(24)14-7-18-17(26-14)11-3-4-25-9-11/h1-2,5-7,11H,3-4,8-9H2,(H,20,24)(H,22,23). The van der Waals surface area contributed by atoms with Crippen molar-refractivity contribution in [2.45, 2.75) is 18.9 Å². The summed E-state index contributed by atoms with van der Waals surface area (Å²) in [4.78, 5) is 28.3. The number of carboxylic acids is 1. The van der Waals surface area contributed by atoms with Gasteiger partial charge in [-0.05, 0) is 24.6 Å². The molecule has 2 N–H and O–H groups in total. The molecule has 0 spiro atoms. The zero-order chi connectivity index (χ0) is 18.1. The molecule has 1 aliphatic rings. The highest BCUT2D eigenvalue weighted by molar-refractivity contribution is 7.13. The van der Waals surface area contributed by atoms with Crippen molar-refractivity contribution in [1.82, 2.24) is 14.8 Å². The maximum absolute atomic E-state index is 12.5. The summed E-state index contributed by atoms with van der Waals surface area (Å²) in [6, 6.07) is 5.28. The third-order valence-corrected chi connectivity index (χ3v) is 5.37. The van der Waals surface area contributed by atoms with Gasteiger partial charge in [0.15, 0.2) is 0 Å². The molecule has 3 heterocycles. The molecule has 1 aromatic carbocycles. The van der Waals surface area contributed by atoms with Gasteiger partial charge in [-0.2, -0.15) is 5.10 Å². The molecule has 1 amide bonds. The number of aromatic nitrogens is 3. The van der Waals surface area contributed by atoms with Gasteiger partial charge < -0.3 is 15.2 Å². The first-order valence-electron chi connectivity index (χ1n) is 8.12. The van der Waals surface area contributed by atoms with Crippen LogP contribution < -0.4 is 5.32 Å². The minimum Gasteiger partial charge on any atom is -0.480 e. The van der Waals surface area contributed by atoms with Gasteiger partial charge in [0, 0.05) is 23.6 Å². The molecule has 0 saturated carbocycles. The molecular formula is C17H16N4O4S. The van der Waals surface area contributed by atoms with Crippen molar-refractivity contribution >= 4 is 39.8 Å². The van der Waals surface area contributed by atoms with E-state index < -0.39 is 5.97 Å². The van der Waals surface area contributed by atoms with Gasteiger partial charge in [0.2, 0.25) is 0 Å². The van der Waals surface area contributed by atoms with E-state index in [0.29, 0.717) is 22.7 Å². The normalized spacial score (nSPS) is 16.8. The van der Waals surface area contributed by atoms with Crippen LogP contribution in [-0.2, 0) is 16.1 Å². The molecule has 1 saturated heterocycles. The van der Waals surface area contributed by atoms with Gasteiger partial charge in [-0.1, -0.05) is 0 Å². The highest BCUT2D eigenvalue weighted by Crippen LogP contribution is 2.29. The maximum atomic E-state index is 12.5. The number of anilines is 1. The SMILES string of the molecule is O=C(O)Cn1ncc2ccc(NC(=O)c3cnc(C4CCOC4)s3)cc21. The Kier molecular flexibility index (Phi) is 4.39. The van der Waals surface area contributed by atoms with Crippen LogP contribution in [0.5, 0.6) is 0 Å². The Morgan fingerprint density at radius 3 is 3.04 bits per heavy atom. The van der Waals surface area contributed by atoms with E-state index in [9.17, 15) is 9.59 Å². The number of aliphatic carboxylic acids is 1. The van der Waals surface area contributed by atoms with Crippen LogP contribution in [0.1, 0.15) is 27.0 Å². The van der Waals surface area contributed by atoms with Crippen LogP contribution in [0.2, 0.25) is 0 Å². The number of amides is 1. The number of hydrogen-bond acceptors (Lipinski definition) is 6. The summed E-state index contributed by atoms with van der Waals surface area (Å²) in [6.45, 7) is 1.15. The zero-order valence-electron chi connectivity index (χ0n) is 13.7. The van der Waals surface area contributed by atoms with Gasteiger partial charge >= 0.3 is 5.97 Å². The van der Waals surface area contributed by atoms with Crippen LogP contribution in [0, 0.1) is 0 Å². The maximum Gasteiger partial charge on any atom is 0.325 e. The van der Waals surface area contributed by atoms with Gasteiger partial charge in [-0.3, -0.25) is 14.3 Å². The van der Waals surface area contributed by atoms with Crippen molar-refractivity contribution in [3.63, 3.8) is 0 Å². The molecule has 134 valence electrons. The molecule has 9 heteroatoms. The smallest absolute Gasteiger partial charge is 0.325 e. The molecule has 1 fully saturated rings. The Balaban J connectivity index is 1.52. The van der Waals surface area contributed by atoms with Crippen LogP contribution in [-0.4, -0.2) is 45.0 Å². The second kappa shape index (κ2) is 6.85. The number of nitrogens with one attached hydrogen (secondary N) is 1. The number of ether oxygens (including phenoxy) is 1. The first kappa shape index (κ1) is 16.7. The van der Waals surface area contributed by atoms with Crippen LogP contribution >= 0.6 is 11.3 Å². The number of hydrogen-bond donors (Lipinski definition) is 2. The average Bonchev–Trinajstić information content (AvgIpc) is 3.35. The molecule has 2 aromatic heterocycles. The number of nitrogens with zero attached hydrogens (tertiary/aromatic N) is 3. The zero-order valence-corrected chi connectivity index (χ0v) is 14.5. The van der Waals surface area contributed by atoms with E-state index in [0.717, 1.165) is 23.4 Å². The van der Waals surface area contributed by atoms with E-state index in [1.807, 2.05) is 0 Å². The second-order valence-corrected chi connectivity index (χ2v) is 7.11. The number of carbonyl (C=O) groups excluding carboxylic acids is 1. The van der Waals surface area contributed by atoms with Crippen LogP contribution in [0.15, 0.2) is 30.6 Å². The molecule has 1 aliphatic heterocycles. The molecule has 26 heavy (non-hydrogen) atoms. The van der Waals surface area contributed by atoms with E-state index in [4.69, 9.17) is 9.84 Å². The Bertz CT molecular complexity index is 974. The van der Waals surface area contributed by atoms with Crippen molar-refractivity contribution in [3.05, 3.63) is 40.5 Å². The van der Waals surface area contributed by atoms with Gasteiger partial charge in [-0.25, -0.2) is 4.98 Å². The fourth-order valence-corrected chi connectivity index (χ4v) is 3.84. The number of rotatable bonds is 5. The molecule has 1 atom stereocenters. The van der Waals surface area contributed by atoms with Crippen molar-refractivity contribution in [2.24, 2.45) is 0 Å². The van der Waals surface area contributed by atoms with Gasteiger partial charge in [0.25, 0.3) is 5.91 Å². The van der Waals surface area contributed by atoms with E-state index >= 15 is 0 Å².